The molecule has 2 saturated carbocycles. The zero-order chi connectivity index (χ0) is 19.7. The normalized spacial score (nSPS) is 35.5. The van der Waals surface area contributed by atoms with Gasteiger partial charge in [0, 0.05) is 5.02 Å². The van der Waals surface area contributed by atoms with E-state index in [-0.39, 0.29) is 35.5 Å². The van der Waals surface area contributed by atoms with Crippen LogP contribution in [-0.4, -0.2) is 35.8 Å². The van der Waals surface area contributed by atoms with Crippen molar-refractivity contribution in [3.8, 4) is 5.75 Å². The van der Waals surface area contributed by atoms with E-state index in [0.717, 1.165) is 6.42 Å². The van der Waals surface area contributed by atoms with Gasteiger partial charge in [-0.05, 0) is 55.2 Å². The lowest BCUT2D eigenvalue weighted by Gasteiger charge is -2.37. The van der Waals surface area contributed by atoms with E-state index in [1.54, 1.807) is 25.1 Å². The zero-order valence-electron chi connectivity index (χ0n) is 15.6. The van der Waals surface area contributed by atoms with E-state index in [1.807, 2.05) is 0 Å². The van der Waals surface area contributed by atoms with Crippen LogP contribution in [0, 0.1) is 35.5 Å². The third kappa shape index (κ3) is 2.37. The van der Waals surface area contributed by atoms with Crippen molar-refractivity contribution < 1.29 is 19.1 Å². The summed E-state index contributed by atoms with van der Waals surface area (Å²) in [5.41, 5.74) is 0.409. The molecule has 7 atom stereocenters. The van der Waals surface area contributed by atoms with Gasteiger partial charge in [0.15, 0.2) is 0 Å². The van der Waals surface area contributed by atoms with Gasteiger partial charge in [-0.3, -0.25) is 19.3 Å². The Morgan fingerprint density at radius 2 is 1.79 bits per heavy atom. The van der Waals surface area contributed by atoms with Crippen LogP contribution in [0.5, 0.6) is 5.75 Å². The summed E-state index contributed by atoms with van der Waals surface area (Å²) in [5, 5.41) is 3.20. The monoisotopic (exact) mass is 400 g/mol. The Morgan fingerprint density at radius 3 is 2.36 bits per heavy atom. The van der Waals surface area contributed by atoms with E-state index >= 15 is 0 Å². The van der Waals surface area contributed by atoms with Crippen molar-refractivity contribution in [1.82, 2.24) is 4.90 Å². The highest BCUT2D eigenvalue weighted by molar-refractivity contribution is 6.31. The first kappa shape index (κ1) is 17.7. The number of allylic oxidation sites excluding steroid dienone is 2. The first-order valence-corrected chi connectivity index (χ1v) is 10.00. The summed E-state index contributed by atoms with van der Waals surface area (Å²) < 4.78 is 5.25. The Morgan fingerprint density at radius 1 is 1.18 bits per heavy atom. The van der Waals surface area contributed by atoms with Crippen LogP contribution in [0.15, 0.2) is 30.4 Å². The summed E-state index contributed by atoms with van der Waals surface area (Å²) in [4.78, 5) is 40.3. The lowest BCUT2D eigenvalue weighted by Crippen LogP contribution is -2.46. The van der Waals surface area contributed by atoms with Crippen LogP contribution in [0.4, 0.5) is 5.69 Å². The molecule has 6 nitrogen and oxygen atoms in total. The quantitative estimate of drug-likeness (QED) is 0.622. The van der Waals surface area contributed by atoms with Crippen molar-refractivity contribution >= 4 is 35.0 Å². The average molecular weight is 401 g/mol. The maximum Gasteiger partial charge on any atom is 0.247 e. The minimum absolute atomic E-state index is 0.143. The molecule has 146 valence electrons. The number of hydrogen-bond acceptors (Lipinski definition) is 4. The molecule has 28 heavy (non-hydrogen) atoms. The van der Waals surface area contributed by atoms with Crippen molar-refractivity contribution in [2.24, 2.45) is 35.5 Å². The van der Waals surface area contributed by atoms with E-state index in [4.69, 9.17) is 16.3 Å². The molecule has 7 heteroatoms. The first-order valence-electron chi connectivity index (χ1n) is 9.62. The average Bonchev–Trinajstić information content (AvgIpc) is 3.45. The van der Waals surface area contributed by atoms with Crippen LogP contribution in [0.2, 0.25) is 5.02 Å². The number of halogens is 1. The highest BCUT2D eigenvalue weighted by Crippen LogP contribution is 2.65. The molecule has 6 rings (SSSR count). The van der Waals surface area contributed by atoms with Gasteiger partial charge < -0.3 is 10.1 Å². The molecule has 4 aliphatic carbocycles. The summed E-state index contributed by atoms with van der Waals surface area (Å²) in [5.74, 6) is 0.353. The topological polar surface area (TPSA) is 75.7 Å². The molecule has 1 aliphatic heterocycles. The summed E-state index contributed by atoms with van der Waals surface area (Å²) >= 11 is 6.02. The van der Waals surface area contributed by atoms with Gasteiger partial charge in [0.1, 0.15) is 11.8 Å². The number of carbonyl (C=O) groups is 3. The second-order valence-electron chi connectivity index (χ2n) is 8.21. The molecule has 1 aromatic carbocycles. The maximum absolute atomic E-state index is 13.1. The fraction of sp³-hybridized carbons (Fsp3) is 0.476. The first-order chi connectivity index (χ1) is 13.4. The minimum Gasteiger partial charge on any atom is -0.495 e. The maximum atomic E-state index is 13.1. The van der Waals surface area contributed by atoms with Gasteiger partial charge in [0.25, 0.3) is 0 Å². The molecule has 1 N–H and O–H groups in total. The van der Waals surface area contributed by atoms with Crippen LogP contribution in [-0.2, 0) is 14.4 Å². The largest absolute Gasteiger partial charge is 0.495 e. The number of nitrogens with one attached hydrogen (secondary N) is 1. The van der Waals surface area contributed by atoms with Gasteiger partial charge >= 0.3 is 0 Å². The molecule has 0 radical (unpaired) electrons. The second-order valence-corrected chi connectivity index (χ2v) is 8.65. The molecule has 3 amide bonds. The van der Waals surface area contributed by atoms with Crippen molar-refractivity contribution in [2.75, 3.05) is 12.4 Å². The number of likely N-dealkylation sites (tertiary alicyclic amines) is 1. The molecule has 1 aromatic rings. The van der Waals surface area contributed by atoms with E-state index < -0.39 is 11.9 Å². The van der Waals surface area contributed by atoms with Gasteiger partial charge in [-0.1, -0.05) is 23.8 Å². The van der Waals surface area contributed by atoms with Gasteiger partial charge in [-0.2, -0.15) is 0 Å². The van der Waals surface area contributed by atoms with Crippen molar-refractivity contribution in [2.45, 2.75) is 19.4 Å². The molecular weight excluding hydrogens is 380 g/mol. The minimum atomic E-state index is -0.898. The lowest BCUT2D eigenvalue weighted by atomic mass is 9.63. The van der Waals surface area contributed by atoms with Crippen LogP contribution in [0.25, 0.3) is 0 Å². The SMILES string of the molecule is COc1ccc(Cl)cc1NC(=O)[C@H](C)N1C(=O)[C@@H]2[C@H]3C=C[C@H]([C@H]4C[C@@H]34)[C@@H]2C1=O. The molecule has 1 saturated heterocycles. The summed E-state index contributed by atoms with van der Waals surface area (Å²) in [7, 11) is 1.49. The number of carbonyl (C=O) groups excluding carboxylic acids is 3. The number of hydrogen-bond donors (Lipinski definition) is 1. The number of anilines is 1. The fourth-order valence-corrected chi connectivity index (χ4v) is 5.67. The summed E-state index contributed by atoms with van der Waals surface area (Å²) in [6.07, 6.45) is 5.35. The van der Waals surface area contributed by atoms with Crippen molar-refractivity contribution in [3.63, 3.8) is 0 Å². The zero-order valence-corrected chi connectivity index (χ0v) is 16.3. The summed E-state index contributed by atoms with van der Waals surface area (Å²) in [6, 6.07) is 3.99. The Balaban J connectivity index is 1.38. The van der Waals surface area contributed by atoms with Crippen LogP contribution in [0.1, 0.15) is 13.3 Å². The molecular formula is C21H21ClN2O4. The summed E-state index contributed by atoms with van der Waals surface area (Å²) in [6.45, 7) is 1.59. The molecule has 0 spiro atoms. The van der Waals surface area contributed by atoms with E-state index in [2.05, 4.69) is 17.5 Å². The Hall–Kier alpha value is -2.34. The Kier molecular flexibility index (Phi) is 3.85. The number of rotatable bonds is 4. The van der Waals surface area contributed by atoms with E-state index in [0.29, 0.717) is 28.3 Å². The number of ether oxygens (including phenoxy) is 1. The molecule has 0 unspecified atom stereocenters. The number of imide groups is 1. The third-order valence-electron chi connectivity index (χ3n) is 6.88. The highest BCUT2D eigenvalue weighted by atomic mass is 35.5. The predicted molar refractivity (Wildman–Crippen MR) is 103 cm³/mol. The van der Waals surface area contributed by atoms with Crippen LogP contribution < -0.4 is 10.1 Å². The number of methoxy groups -OCH3 is 1. The number of amides is 3. The second kappa shape index (κ2) is 6.08. The van der Waals surface area contributed by atoms with Crippen molar-refractivity contribution in [1.29, 1.82) is 0 Å². The van der Waals surface area contributed by atoms with Gasteiger partial charge in [-0.25, -0.2) is 0 Å². The fourth-order valence-electron chi connectivity index (χ4n) is 5.49. The van der Waals surface area contributed by atoms with E-state index in [1.165, 1.54) is 12.0 Å². The third-order valence-corrected chi connectivity index (χ3v) is 7.12. The van der Waals surface area contributed by atoms with Gasteiger partial charge in [0.05, 0.1) is 24.6 Å². The molecule has 3 fully saturated rings. The Bertz CT molecular complexity index is 893. The molecule has 2 bridgehead atoms. The molecule has 1 heterocycles. The molecule has 5 aliphatic rings. The predicted octanol–water partition coefficient (Wildman–Crippen LogP) is 2.73. The van der Waals surface area contributed by atoms with Crippen LogP contribution >= 0.6 is 11.6 Å². The van der Waals surface area contributed by atoms with Gasteiger partial charge in [-0.15, -0.1) is 0 Å². The lowest BCUT2D eigenvalue weighted by molar-refractivity contribution is -0.146. The Labute approximate surface area is 167 Å². The van der Waals surface area contributed by atoms with Crippen LogP contribution in [0.3, 0.4) is 0 Å². The highest BCUT2D eigenvalue weighted by Gasteiger charge is 2.67. The standard InChI is InChI=1S/C21H21ClN2O4/c1-9(19(25)23-15-7-10(22)3-6-16(15)28-2)24-20(26)17-11-4-5-12(14-8-13(11)14)18(17)21(24)27/h3-7,9,11-14,17-18H,8H2,1-2H3,(H,23,25)/t9-,11-,12+,13-,14+,17+,18-/m0/s1. The van der Waals surface area contributed by atoms with Crippen molar-refractivity contribution in [3.05, 3.63) is 35.4 Å². The smallest absolute Gasteiger partial charge is 0.247 e. The number of benzene rings is 1. The molecule has 0 aromatic heterocycles. The van der Waals surface area contributed by atoms with Gasteiger partial charge in [0.2, 0.25) is 17.7 Å². The number of nitrogens with zero attached hydrogens (tertiary/aromatic N) is 1. The van der Waals surface area contributed by atoms with E-state index in [9.17, 15) is 14.4 Å².